The molecule has 3 rings (SSSR count). The van der Waals surface area contributed by atoms with Crippen LogP contribution in [-0.2, 0) is 0 Å². The molecule has 0 aliphatic rings. The largest absolute Gasteiger partial charge is 0.451 e. The first-order chi connectivity index (χ1) is 12.8. The highest BCUT2D eigenvalue weighted by Crippen LogP contribution is 2.24. The van der Waals surface area contributed by atoms with Gasteiger partial charge in [-0.2, -0.15) is 0 Å². The van der Waals surface area contributed by atoms with Crippen LogP contribution in [0.1, 0.15) is 27.2 Å². The lowest BCUT2D eigenvalue weighted by atomic mass is 10.1. The second-order valence-corrected chi connectivity index (χ2v) is 7.60. The molecule has 138 valence electrons. The molecule has 3 aromatic rings. The Bertz CT molecular complexity index is 1030. The van der Waals surface area contributed by atoms with Crippen molar-refractivity contribution in [1.82, 2.24) is 5.32 Å². The molecule has 0 atom stereocenters. The van der Waals surface area contributed by atoms with Crippen LogP contribution < -0.4 is 10.6 Å². The molecule has 1 aromatic heterocycles. The van der Waals surface area contributed by atoms with Crippen molar-refractivity contribution in [3.05, 3.63) is 75.5 Å². The number of furan rings is 1. The van der Waals surface area contributed by atoms with E-state index in [0.29, 0.717) is 5.76 Å². The van der Waals surface area contributed by atoms with E-state index in [9.17, 15) is 4.79 Å². The SMILES string of the molecule is Cc1ccc(-c2ccc(C(=O)NC(=S)Nc3ccc(Br)c(C)c3)o2)cc1C. The fraction of sp³-hybridized carbons (Fsp3) is 0.143. The lowest BCUT2D eigenvalue weighted by Gasteiger charge is -2.10. The van der Waals surface area contributed by atoms with Crippen LogP contribution in [0, 0.1) is 20.8 Å². The van der Waals surface area contributed by atoms with Crippen LogP contribution in [0.15, 0.2) is 57.4 Å². The number of nitrogens with one attached hydrogen (secondary N) is 2. The predicted octanol–water partition coefficient (Wildman–Crippen LogP) is 5.76. The monoisotopic (exact) mass is 442 g/mol. The number of thiocarbonyl (C=S) groups is 1. The van der Waals surface area contributed by atoms with Crippen molar-refractivity contribution in [3.8, 4) is 11.3 Å². The Morgan fingerprint density at radius 1 is 0.963 bits per heavy atom. The summed E-state index contributed by atoms with van der Waals surface area (Å²) in [5.74, 6) is 0.460. The number of hydrogen-bond acceptors (Lipinski definition) is 3. The van der Waals surface area contributed by atoms with Gasteiger partial charge in [0.05, 0.1) is 0 Å². The summed E-state index contributed by atoms with van der Waals surface area (Å²) in [6.45, 7) is 6.08. The van der Waals surface area contributed by atoms with Crippen molar-refractivity contribution in [2.75, 3.05) is 5.32 Å². The van der Waals surface area contributed by atoms with E-state index in [-0.39, 0.29) is 10.9 Å². The number of aryl methyl sites for hydroxylation is 3. The van der Waals surface area contributed by atoms with Gasteiger partial charge in [0.25, 0.3) is 5.91 Å². The fourth-order valence-electron chi connectivity index (χ4n) is 2.56. The number of carbonyl (C=O) groups is 1. The van der Waals surface area contributed by atoms with Gasteiger partial charge in [0.1, 0.15) is 5.76 Å². The molecule has 0 aliphatic heterocycles. The first-order valence-electron chi connectivity index (χ1n) is 8.39. The highest BCUT2D eigenvalue weighted by molar-refractivity contribution is 9.10. The second kappa shape index (κ2) is 8.06. The number of amides is 1. The lowest BCUT2D eigenvalue weighted by molar-refractivity contribution is 0.0951. The maximum atomic E-state index is 12.4. The smallest absolute Gasteiger partial charge is 0.293 e. The minimum atomic E-state index is -0.392. The third-order valence-corrected chi connectivity index (χ3v) is 5.36. The molecule has 0 aliphatic carbocycles. The zero-order chi connectivity index (χ0) is 19.6. The topological polar surface area (TPSA) is 54.3 Å². The van der Waals surface area contributed by atoms with Crippen LogP contribution in [0.2, 0.25) is 0 Å². The number of benzene rings is 2. The third-order valence-electron chi connectivity index (χ3n) is 4.26. The first-order valence-corrected chi connectivity index (χ1v) is 9.59. The summed E-state index contributed by atoms with van der Waals surface area (Å²) >= 11 is 8.68. The van der Waals surface area contributed by atoms with Crippen molar-refractivity contribution in [3.63, 3.8) is 0 Å². The van der Waals surface area contributed by atoms with Gasteiger partial charge < -0.3 is 9.73 Å². The molecule has 1 heterocycles. The van der Waals surface area contributed by atoms with Crippen LogP contribution in [0.5, 0.6) is 0 Å². The Labute approximate surface area is 172 Å². The Hall–Kier alpha value is -2.44. The summed E-state index contributed by atoms with van der Waals surface area (Å²) in [6.07, 6.45) is 0. The fourth-order valence-corrected chi connectivity index (χ4v) is 3.02. The van der Waals surface area contributed by atoms with E-state index in [4.69, 9.17) is 16.6 Å². The average Bonchev–Trinajstić information content (AvgIpc) is 3.11. The maximum absolute atomic E-state index is 12.4. The number of halogens is 1. The Balaban J connectivity index is 1.67. The second-order valence-electron chi connectivity index (χ2n) is 6.34. The van der Waals surface area contributed by atoms with Gasteiger partial charge in [-0.15, -0.1) is 0 Å². The Morgan fingerprint density at radius 3 is 2.44 bits per heavy atom. The van der Waals surface area contributed by atoms with Crippen molar-refractivity contribution in [1.29, 1.82) is 0 Å². The van der Waals surface area contributed by atoms with E-state index >= 15 is 0 Å². The van der Waals surface area contributed by atoms with Crippen molar-refractivity contribution >= 4 is 44.9 Å². The van der Waals surface area contributed by atoms with Gasteiger partial charge >= 0.3 is 0 Å². The quantitative estimate of drug-likeness (QED) is 0.506. The molecule has 0 unspecified atom stereocenters. The van der Waals surface area contributed by atoms with Crippen LogP contribution in [0.25, 0.3) is 11.3 Å². The third kappa shape index (κ3) is 4.64. The van der Waals surface area contributed by atoms with Gasteiger partial charge in [0, 0.05) is 15.7 Å². The van der Waals surface area contributed by atoms with Gasteiger partial charge in [0.15, 0.2) is 10.9 Å². The highest BCUT2D eigenvalue weighted by Gasteiger charge is 2.14. The minimum absolute atomic E-state index is 0.208. The summed E-state index contributed by atoms with van der Waals surface area (Å²) < 4.78 is 6.72. The van der Waals surface area contributed by atoms with E-state index < -0.39 is 5.91 Å². The molecule has 4 nitrogen and oxygen atoms in total. The Kier molecular flexibility index (Phi) is 5.77. The molecule has 27 heavy (non-hydrogen) atoms. The van der Waals surface area contributed by atoms with Gasteiger partial charge in [-0.25, -0.2) is 0 Å². The van der Waals surface area contributed by atoms with Crippen LogP contribution in [0.4, 0.5) is 5.69 Å². The van der Waals surface area contributed by atoms with Gasteiger partial charge in [-0.05, 0) is 86.1 Å². The zero-order valence-electron chi connectivity index (χ0n) is 15.2. The number of carbonyl (C=O) groups excluding carboxylic acids is 1. The molecule has 2 aromatic carbocycles. The number of hydrogen-bond donors (Lipinski definition) is 2. The Morgan fingerprint density at radius 2 is 1.74 bits per heavy atom. The normalized spacial score (nSPS) is 10.5. The minimum Gasteiger partial charge on any atom is -0.451 e. The molecule has 2 N–H and O–H groups in total. The molecule has 0 radical (unpaired) electrons. The molecule has 0 fully saturated rings. The molecule has 1 amide bonds. The maximum Gasteiger partial charge on any atom is 0.293 e. The van der Waals surface area contributed by atoms with Crippen LogP contribution in [0.3, 0.4) is 0 Å². The lowest BCUT2D eigenvalue weighted by Crippen LogP contribution is -2.33. The van der Waals surface area contributed by atoms with Gasteiger partial charge in [0.2, 0.25) is 0 Å². The summed E-state index contributed by atoms with van der Waals surface area (Å²) in [5.41, 5.74) is 5.19. The van der Waals surface area contributed by atoms with Gasteiger partial charge in [-0.3, -0.25) is 10.1 Å². The number of anilines is 1. The summed E-state index contributed by atoms with van der Waals surface area (Å²) in [4.78, 5) is 12.4. The van der Waals surface area contributed by atoms with Crippen molar-refractivity contribution in [2.45, 2.75) is 20.8 Å². The van der Waals surface area contributed by atoms with E-state index in [1.807, 2.05) is 50.2 Å². The zero-order valence-corrected chi connectivity index (χ0v) is 17.6. The van der Waals surface area contributed by atoms with Crippen LogP contribution >= 0.6 is 28.1 Å². The molecule has 0 saturated heterocycles. The molecule has 6 heteroatoms. The molecule has 0 spiro atoms. The first kappa shape index (κ1) is 19.3. The molecule has 0 bridgehead atoms. The van der Waals surface area contributed by atoms with Crippen molar-refractivity contribution < 1.29 is 9.21 Å². The summed E-state index contributed by atoms with van der Waals surface area (Å²) in [5, 5.41) is 5.85. The van der Waals surface area contributed by atoms with E-state index in [2.05, 4.69) is 33.5 Å². The van der Waals surface area contributed by atoms with Crippen molar-refractivity contribution in [2.24, 2.45) is 0 Å². The van der Waals surface area contributed by atoms with E-state index in [1.165, 1.54) is 11.1 Å². The van der Waals surface area contributed by atoms with E-state index in [1.54, 1.807) is 12.1 Å². The highest BCUT2D eigenvalue weighted by atomic mass is 79.9. The molecule has 0 saturated carbocycles. The predicted molar refractivity (Wildman–Crippen MR) is 116 cm³/mol. The summed E-state index contributed by atoms with van der Waals surface area (Å²) in [7, 11) is 0. The van der Waals surface area contributed by atoms with Crippen LogP contribution in [-0.4, -0.2) is 11.0 Å². The molecular formula is C21H19BrN2O2S. The number of rotatable bonds is 3. The van der Waals surface area contributed by atoms with Gasteiger partial charge in [-0.1, -0.05) is 28.1 Å². The van der Waals surface area contributed by atoms with E-state index in [0.717, 1.165) is 21.3 Å². The summed E-state index contributed by atoms with van der Waals surface area (Å²) in [6, 6.07) is 15.2. The average molecular weight is 443 g/mol. The molecular weight excluding hydrogens is 424 g/mol. The standard InChI is InChI=1S/C21H19BrN2O2S/c1-12-4-5-15(10-13(12)2)18-8-9-19(26-18)20(25)24-21(27)23-16-6-7-17(22)14(3)11-16/h4-11H,1-3H3,(H2,23,24,25,27).